The standard InChI is InChI=1S/C14H19N3OS/c1-3-14(4-2)9-19-13(17-14)16-11-7-5-6-10(8-11)12(15)18/h5-8H,3-4,9H2,1-2H3,(H2,15,18)(H,16,17). The summed E-state index contributed by atoms with van der Waals surface area (Å²) in [5.74, 6) is 0.596. The van der Waals surface area contributed by atoms with Gasteiger partial charge in [0, 0.05) is 17.0 Å². The Morgan fingerprint density at radius 1 is 1.47 bits per heavy atom. The first-order chi connectivity index (χ1) is 9.08. The minimum Gasteiger partial charge on any atom is -0.366 e. The summed E-state index contributed by atoms with van der Waals surface area (Å²) < 4.78 is 0. The number of nitrogens with one attached hydrogen (secondary N) is 1. The molecule has 1 aliphatic rings. The van der Waals surface area contributed by atoms with Crippen molar-refractivity contribution in [1.82, 2.24) is 0 Å². The molecule has 0 saturated heterocycles. The topological polar surface area (TPSA) is 67.5 Å². The third-order valence-corrected chi connectivity index (χ3v) is 4.68. The zero-order valence-corrected chi connectivity index (χ0v) is 12.1. The van der Waals surface area contributed by atoms with Gasteiger partial charge in [-0.3, -0.25) is 9.79 Å². The first-order valence-electron chi connectivity index (χ1n) is 6.48. The van der Waals surface area contributed by atoms with Gasteiger partial charge in [-0.05, 0) is 31.0 Å². The van der Waals surface area contributed by atoms with E-state index in [1.165, 1.54) is 0 Å². The molecular formula is C14H19N3OS. The molecule has 0 fully saturated rings. The number of aliphatic imine (C=N–C) groups is 1. The zero-order valence-electron chi connectivity index (χ0n) is 11.3. The fraction of sp³-hybridized carbons (Fsp3) is 0.429. The Bertz CT molecular complexity index is 509. The van der Waals surface area contributed by atoms with Crippen molar-refractivity contribution in [2.45, 2.75) is 32.2 Å². The van der Waals surface area contributed by atoms with E-state index in [1.54, 1.807) is 23.9 Å². The number of thioether (sulfide) groups is 1. The highest BCUT2D eigenvalue weighted by atomic mass is 32.2. The van der Waals surface area contributed by atoms with Crippen LogP contribution in [0.4, 0.5) is 5.69 Å². The van der Waals surface area contributed by atoms with Crippen LogP contribution >= 0.6 is 11.8 Å². The van der Waals surface area contributed by atoms with Crippen LogP contribution in [0.1, 0.15) is 37.0 Å². The molecule has 1 amide bonds. The molecule has 0 radical (unpaired) electrons. The quantitative estimate of drug-likeness (QED) is 0.889. The van der Waals surface area contributed by atoms with E-state index in [1.807, 2.05) is 12.1 Å². The van der Waals surface area contributed by atoms with E-state index in [-0.39, 0.29) is 5.54 Å². The van der Waals surface area contributed by atoms with Gasteiger partial charge in [-0.2, -0.15) is 0 Å². The maximum Gasteiger partial charge on any atom is 0.248 e. The molecule has 0 unspecified atom stereocenters. The molecular weight excluding hydrogens is 258 g/mol. The Morgan fingerprint density at radius 2 is 2.21 bits per heavy atom. The summed E-state index contributed by atoms with van der Waals surface area (Å²) in [4.78, 5) is 15.9. The Morgan fingerprint density at radius 3 is 2.79 bits per heavy atom. The number of nitrogens with zero attached hydrogens (tertiary/aromatic N) is 1. The zero-order chi connectivity index (χ0) is 13.9. The minimum absolute atomic E-state index is 0.0638. The monoisotopic (exact) mass is 277 g/mol. The molecule has 0 bridgehead atoms. The number of amides is 1. The largest absolute Gasteiger partial charge is 0.366 e. The Hall–Kier alpha value is -1.49. The van der Waals surface area contributed by atoms with Gasteiger partial charge in [0.2, 0.25) is 5.91 Å². The molecule has 1 aromatic carbocycles. The fourth-order valence-electron chi connectivity index (χ4n) is 2.03. The van der Waals surface area contributed by atoms with Crippen LogP contribution in [0, 0.1) is 0 Å². The molecule has 3 N–H and O–H groups in total. The average Bonchev–Trinajstić information content (AvgIpc) is 2.83. The smallest absolute Gasteiger partial charge is 0.248 e. The summed E-state index contributed by atoms with van der Waals surface area (Å²) in [6.45, 7) is 4.34. The lowest BCUT2D eigenvalue weighted by atomic mass is 9.97. The van der Waals surface area contributed by atoms with Gasteiger partial charge >= 0.3 is 0 Å². The fourth-order valence-corrected chi connectivity index (χ4v) is 3.36. The van der Waals surface area contributed by atoms with Gasteiger partial charge in [0.15, 0.2) is 5.17 Å². The summed E-state index contributed by atoms with van der Waals surface area (Å²) in [6.07, 6.45) is 2.09. The predicted octanol–water partition coefficient (Wildman–Crippen LogP) is 2.86. The summed E-state index contributed by atoms with van der Waals surface area (Å²) in [7, 11) is 0. The number of carbonyl (C=O) groups is 1. The second-order valence-electron chi connectivity index (χ2n) is 4.71. The predicted molar refractivity (Wildman–Crippen MR) is 81.8 cm³/mol. The third kappa shape index (κ3) is 3.10. The number of hydrogen-bond acceptors (Lipinski definition) is 4. The molecule has 5 heteroatoms. The molecule has 1 aliphatic heterocycles. The minimum atomic E-state index is -0.416. The van der Waals surface area contributed by atoms with Gasteiger partial charge in [-0.25, -0.2) is 0 Å². The van der Waals surface area contributed by atoms with Crippen molar-refractivity contribution < 1.29 is 4.79 Å². The molecule has 0 atom stereocenters. The van der Waals surface area contributed by atoms with Crippen molar-refractivity contribution in [3.05, 3.63) is 29.8 Å². The van der Waals surface area contributed by atoms with Crippen LogP contribution in [0.5, 0.6) is 0 Å². The number of benzene rings is 1. The van der Waals surface area contributed by atoms with E-state index < -0.39 is 5.91 Å². The number of anilines is 1. The van der Waals surface area contributed by atoms with Crippen LogP contribution in [0.15, 0.2) is 29.3 Å². The van der Waals surface area contributed by atoms with Gasteiger partial charge < -0.3 is 11.1 Å². The maximum absolute atomic E-state index is 11.1. The van der Waals surface area contributed by atoms with Gasteiger partial charge in [0.25, 0.3) is 0 Å². The Labute approximate surface area is 117 Å². The first-order valence-corrected chi connectivity index (χ1v) is 7.46. The van der Waals surface area contributed by atoms with E-state index in [9.17, 15) is 4.79 Å². The molecule has 102 valence electrons. The molecule has 1 aromatic rings. The van der Waals surface area contributed by atoms with Crippen molar-refractivity contribution in [2.24, 2.45) is 10.7 Å². The van der Waals surface area contributed by atoms with E-state index in [2.05, 4.69) is 19.2 Å². The molecule has 4 nitrogen and oxygen atoms in total. The number of rotatable bonds is 4. The van der Waals surface area contributed by atoms with E-state index in [0.29, 0.717) is 5.56 Å². The highest BCUT2D eigenvalue weighted by Gasteiger charge is 2.32. The Balaban J connectivity index is 2.14. The second-order valence-corrected chi connectivity index (χ2v) is 5.67. The van der Waals surface area contributed by atoms with Crippen molar-refractivity contribution in [3.8, 4) is 0 Å². The first kappa shape index (κ1) is 13.9. The number of carbonyl (C=O) groups excluding carboxylic acids is 1. The van der Waals surface area contributed by atoms with E-state index in [0.717, 1.165) is 29.4 Å². The number of hydrogen-bond donors (Lipinski definition) is 2. The number of nitrogens with two attached hydrogens (primary N) is 1. The second kappa shape index (κ2) is 5.65. The molecule has 0 spiro atoms. The molecule has 0 aromatic heterocycles. The van der Waals surface area contributed by atoms with Crippen molar-refractivity contribution in [2.75, 3.05) is 11.1 Å². The van der Waals surface area contributed by atoms with Crippen molar-refractivity contribution in [3.63, 3.8) is 0 Å². The van der Waals surface area contributed by atoms with E-state index in [4.69, 9.17) is 10.7 Å². The van der Waals surface area contributed by atoms with Gasteiger partial charge in [-0.1, -0.05) is 31.7 Å². The van der Waals surface area contributed by atoms with Crippen LogP contribution < -0.4 is 11.1 Å². The lowest BCUT2D eigenvalue weighted by molar-refractivity contribution is 0.100. The van der Waals surface area contributed by atoms with Gasteiger partial charge in [0.05, 0.1) is 5.54 Å². The lowest BCUT2D eigenvalue weighted by Crippen LogP contribution is -2.24. The molecule has 0 aliphatic carbocycles. The van der Waals surface area contributed by atoms with Gasteiger partial charge in [-0.15, -0.1) is 0 Å². The highest BCUT2D eigenvalue weighted by molar-refractivity contribution is 8.14. The number of amidine groups is 1. The highest BCUT2D eigenvalue weighted by Crippen LogP contribution is 2.33. The van der Waals surface area contributed by atoms with Gasteiger partial charge in [0.1, 0.15) is 0 Å². The van der Waals surface area contributed by atoms with Crippen LogP contribution in [-0.2, 0) is 0 Å². The lowest BCUT2D eigenvalue weighted by Gasteiger charge is -2.20. The van der Waals surface area contributed by atoms with Crippen molar-refractivity contribution in [1.29, 1.82) is 0 Å². The molecule has 2 rings (SSSR count). The summed E-state index contributed by atoms with van der Waals surface area (Å²) >= 11 is 1.73. The van der Waals surface area contributed by atoms with Crippen molar-refractivity contribution >= 4 is 28.5 Å². The Kier molecular flexibility index (Phi) is 4.14. The molecule has 1 heterocycles. The van der Waals surface area contributed by atoms with Crippen LogP contribution in [-0.4, -0.2) is 22.4 Å². The summed E-state index contributed by atoms with van der Waals surface area (Å²) in [6, 6.07) is 7.19. The van der Waals surface area contributed by atoms with E-state index >= 15 is 0 Å². The van der Waals surface area contributed by atoms with Crippen LogP contribution in [0.25, 0.3) is 0 Å². The average molecular weight is 277 g/mol. The molecule has 0 saturated carbocycles. The normalized spacial score (nSPS) is 17.1. The summed E-state index contributed by atoms with van der Waals surface area (Å²) in [5.41, 5.74) is 6.70. The van der Waals surface area contributed by atoms with Crippen LogP contribution in [0.2, 0.25) is 0 Å². The maximum atomic E-state index is 11.1. The SMILES string of the molecule is CCC1(CC)CSC(Nc2cccc(C(N)=O)c2)=N1. The summed E-state index contributed by atoms with van der Waals surface area (Å²) in [5, 5.41) is 4.19. The number of primary amides is 1. The van der Waals surface area contributed by atoms with Crippen LogP contribution in [0.3, 0.4) is 0 Å². The molecule has 19 heavy (non-hydrogen) atoms. The third-order valence-electron chi connectivity index (χ3n) is 3.53.